The van der Waals surface area contributed by atoms with Crippen LogP contribution in [-0.2, 0) is 6.42 Å². The molecule has 1 aliphatic heterocycles. The molecule has 126 valence electrons. The van der Waals surface area contributed by atoms with Gasteiger partial charge in [0.05, 0.1) is 5.71 Å². The molecule has 1 aliphatic rings. The second-order valence-electron chi connectivity index (χ2n) is 6.27. The molecule has 2 heterocycles. The minimum absolute atomic E-state index is 0.712. The van der Waals surface area contributed by atoms with Gasteiger partial charge in [-0.1, -0.05) is 84.6 Å². The van der Waals surface area contributed by atoms with Crippen LogP contribution < -0.4 is 0 Å². The highest BCUT2D eigenvalue weighted by molar-refractivity contribution is 7.99. The minimum Gasteiger partial charge on any atom is -0.191 e. The number of hydrogen-bond acceptors (Lipinski definition) is 4. The molecule has 0 spiro atoms. The molecule has 3 aromatic carbocycles. The third kappa shape index (κ3) is 2.80. The average Bonchev–Trinajstić information content (AvgIpc) is 3.10. The highest BCUT2D eigenvalue weighted by Gasteiger charge is 2.19. The van der Waals surface area contributed by atoms with E-state index in [0.717, 1.165) is 28.0 Å². The van der Waals surface area contributed by atoms with Crippen LogP contribution in [0.4, 0.5) is 0 Å². The van der Waals surface area contributed by atoms with Gasteiger partial charge in [-0.05, 0) is 21.9 Å². The predicted octanol–water partition coefficient (Wildman–Crippen LogP) is 4.38. The Kier molecular flexibility index (Phi) is 3.79. The molecule has 0 radical (unpaired) electrons. The van der Waals surface area contributed by atoms with Gasteiger partial charge in [-0.15, -0.1) is 10.2 Å². The van der Waals surface area contributed by atoms with Gasteiger partial charge in [-0.25, -0.2) is 0 Å². The molecule has 4 aromatic rings. The maximum atomic E-state index is 4.82. The van der Waals surface area contributed by atoms with Gasteiger partial charge in [0.15, 0.2) is 5.82 Å². The summed E-state index contributed by atoms with van der Waals surface area (Å²) in [6, 6.07) is 25.2. The summed E-state index contributed by atoms with van der Waals surface area (Å²) in [5.41, 5.74) is 3.42. The molecule has 0 amide bonds. The first-order valence-corrected chi connectivity index (χ1v) is 9.53. The van der Waals surface area contributed by atoms with Gasteiger partial charge in [0.25, 0.3) is 0 Å². The number of benzene rings is 3. The quantitative estimate of drug-likeness (QED) is 0.547. The van der Waals surface area contributed by atoms with Crippen LogP contribution in [0.25, 0.3) is 10.8 Å². The lowest BCUT2D eigenvalue weighted by Gasteiger charge is -2.14. The zero-order chi connectivity index (χ0) is 17.3. The Morgan fingerprint density at radius 3 is 2.54 bits per heavy atom. The smallest absolute Gasteiger partial charge is 0.191 e. The molecular formula is C21H16N4S. The Labute approximate surface area is 155 Å². The van der Waals surface area contributed by atoms with E-state index in [9.17, 15) is 0 Å². The van der Waals surface area contributed by atoms with Gasteiger partial charge in [-0.2, -0.15) is 9.78 Å². The van der Waals surface area contributed by atoms with Crippen molar-refractivity contribution in [2.45, 2.75) is 11.6 Å². The summed E-state index contributed by atoms with van der Waals surface area (Å²) in [4.78, 5) is 0. The lowest BCUT2D eigenvalue weighted by molar-refractivity contribution is 0.720. The Morgan fingerprint density at radius 1 is 0.846 bits per heavy atom. The lowest BCUT2D eigenvalue weighted by Crippen LogP contribution is -2.14. The molecule has 5 heteroatoms. The number of nitrogens with zero attached hydrogens (tertiary/aromatic N) is 4. The number of hydrogen-bond donors (Lipinski definition) is 0. The van der Waals surface area contributed by atoms with Crippen molar-refractivity contribution in [2.75, 3.05) is 5.75 Å². The normalized spacial score (nSPS) is 13.5. The van der Waals surface area contributed by atoms with Crippen molar-refractivity contribution >= 4 is 28.2 Å². The standard InChI is InChI=1S/C21H16N4S/c1-2-7-17(8-3-1)19-14-26-21-23-22-20(25(21)24-19)13-15-10-11-16-6-4-5-9-18(16)12-15/h1-12H,13-14H2. The van der Waals surface area contributed by atoms with Crippen LogP contribution in [0.15, 0.2) is 83.1 Å². The van der Waals surface area contributed by atoms with Crippen molar-refractivity contribution in [3.8, 4) is 0 Å². The van der Waals surface area contributed by atoms with Gasteiger partial charge in [0.1, 0.15) is 0 Å². The first-order valence-electron chi connectivity index (χ1n) is 8.55. The van der Waals surface area contributed by atoms with Gasteiger partial charge < -0.3 is 0 Å². The summed E-state index contributed by atoms with van der Waals surface area (Å²) in [5, 5.41) is 16.9. The molecule has 0 unspecified atom stereocenters. The van der Waals surface area contributed by atoms with E-state index in [-0.39, 0.29) is 0 Å². The van der Waals surface area contributed by atoms with Crippen molar-refractivity contribution in [3.63, 3.8) is 0 Å². The van der Waals surface area contributed by atoms with Crippen LogP contribution in [0.3, 0.4) is 0 Å². The highest BCUT2D eigenvalue weighted by Crippen LogP contribution is 2.25. The van der Waals surface area contributed by atoms with Crippen LogP contribution in [-0.4, -0.2) is 26.3 Å². The van der Waals surface area contributed by atoms with Gasteiger partial charge in [-0.3, -0.25) is 0 Å². The van der Waals surface area contributed by atoms with Gasteiger partial charge in [0.2, 0.25) is 5.16 Å². The second-order valence-corrected chi connectivity index (χ2v) is 7.21. The van der Waals surface area contributed by atoms with Crippen LogP contribution >= 0.6 is 11.8 Å². The molecule has 0 N–H and O–H groups in total. The summed E-state index contributed by atoms with van der Waals surface area (Å²) in [6.07, 6.45) is 0.712. The summed E-state index contributed by atoms with van der Waals surface area (Å²) >= 11 is 1.68. The maximum Gasteiger partial charge on any atom is 0.212 e. The molecule has 4 nitrogen and oxygen atoms in total. The summed E-state index contributed by atoms with van der Waals surface area (Å²) in [7, 11) is 0. The van der Waals surface area contributed by atoms with Crippen molar-refractivity contribution in [1.29, 1.82) is 0 Å². The van der Waals surface area contributed by atoms with E-state index < -0.39 is 0 Å². The molecule has 1 aromatic heterocycles. The maximum absolute atomic E-state index is 4.82. The fourth-order valence-corrected chi connectivity index (χ4v) is 4.04. The predicted molar refractivity (Wildman–Crippen MR) is 106 cm³/mol. The molecule has 0 aliphatic carbocycles. The number of fused-ring (bicyclic) bond motifs is 2. The fourth-order valence-electron chi connectivity index (χ4n) is 3.18. The van der Waals surface area contributed by atoms with Crippen molar-refractivity contribution < 1.29 is 0 Å². The summed E-state index contributed by atoms with van der Waals surface area (Å²) in [5.74, 6) is 1.69. The molecule has 26 heavy (non-hydrogen) atoms. The van der Waals surface area contributed by atoms with E-state index in [1.165, 1.54) is 16.3 Å². The Bertz CT molecular complexity index is 1120. The van der Waals surface area contributed by atoms with Crippen LogP contribution in [0.1, 0.15) is 17.0 Å². The van der Waals surface area contributed by atoms with E-state index in [1.54, 1.807) is 11.8 Å². The summed E-state index contributed by atoms with van der Waals surface area (Å²) in [6.45, 7) is 0. The number of thioether (sulfide) groups is 1. The molecular weight excluding hydrogens is 340 g/mol. The minimum atomic E-state index is 0.712. The zero-order valence-corrected chi connectivity index (χ0v) is 14.9. The van der Waals surface area contributed by atoms with Gasteiger partial charge in [0, 0.05) is 12.2 Å². The third-order valence-corrected chi connectivity index (χ3v) is 5.45. The monoisotopic (exact) mass is 356 g/mol. The second kappa shape index (κ2) is 6.42. The van der Waals surface area contributed by atoms with Crippen molar-refractivity contribution in [1.82, 2.24) is 14.9 Å². The van der Waals surface area contributed by atoms with E-state index in [0.29, 0.717) is 6.42 Å². The van der Waals surface area contributed by atoms with E-state index in [4.69, 9.17) is 5.10 Å². The zero-order valence-electron chi connectivity index (χ0n) is 14.0. The highest BCUT2D eigenvalue weighted by atomic mass is 32.2. The molecule has 0 saturated carbocycles. The molecule has 0 fully saturated rings. The SMILES string of the molecule is c1ccc(C2=Nn3c(Cc4ccc5ccccc5c4)nnc3SC2)cc1. The first-order chi connectivity index (χ1) is 12.9. The Balaban J connectivity index is 1.50. The summed E-state index contributed by atoms with van der Waals surface area (Å²) < 4.78 is 1.89. The number of rotatable bonds is 3. The van der Waals surface area contributed by atoms with Crippen molar-refractivity contribution in [2.24, 2.45) is 5.10 Å². The first kappa shape index (κ1) is 15.3. The van der Waals surface area contributed by atoms with Crippen LogP contribution in [0, 0.1) is 0 Å². The third-order valence-electron chi connectivity index (χ3n) is 4.52. The van der Waals surface area contributed by atoms with Crippen LogP contribution in [0.5, 0.6) is 0 Å². The lowest BCUT2D eigenvalue weighted by atomic mass is 10.1. The molecule has 0 bridgehead atoms. The number of aromatic nitrogens is 3. The average molecular weight is 356 g/mol. The van der Waals surface area contributed by atoms with Crippen molar-refractivity contribution in [3.05, 3.63) is 89.7 Å². The molecule has 5 rings (SSSR count). The van der Waals surface area contributed by atoms with Crippen LogP contribution in [0.2, 0.25) is 0 Å². The van der Waals surface area contributed by atoms with E-state index >= 15 is 0 Å². The largest absolute Gasteiger partial charge is 0.212 e. The Hall–Kier alpha value is -2.92. The molecule has 0 saturated heterocycles. The topological polar surface area (TPSA) is 43.1 Å². The Morgan fingerprint density at radius 2 is 1.65 bits per heavy atom. The molecule has 0 atom stereocenters. The fraction of sp³-hybridized carbons (Fsp3) is 0.0952. The van der Waals surface area contributed by atoms with E-state index in [1.807, 2.05) is 22.9 Å². The van der Waals surface area contributed by atoms with Gasteiger partial charge >= 0.3 is 0 Å². The van der Waals surface area contributed by atoms with E-state index in [2.05, 4.69) is 64.8 Å².